The maximum atomic E-state index is 14.0. The Morgan fingerprint density at radius 3 is 2.86 bits per heavy atom. The van der Waals surface area contributed by atoms with Gasteiger partial charge in [0.25, 0.3) is 0 Å². The SMILES string of the molecule is Nc1nn(-c2cc([N+](=O)[O-])c(F)cc2F)c2c1COCC2. The van der Waals surface area contributed by atoms with Crippen LogP contribution < -0.4 is 5.73 Å². The molecule has 0 atom stereocenters. The van der Waals surface area contributed by atoms with Crippen molar-refractivity contribution in [2.24, 2.45) is 0 Å². The van der Waals surface area contributed by atoms with Gasteiger partial charge in [0, 0.05) is 24.1 Å². The van der Waals surface area contributed by atoms with E-state index in [1.807, 2.05) is 0 Å². The van der Waals surface area contributed by atoms with E-state index in [1.54, 1.807) is 0 Å². The van der Waals surface area contributed by atoms with E-state index < -0.39 is 22.2 Å². The van der Waals surface area contributed by atoms with Gasteiger partial charge >= 0.3 is 5.69 Å². The van der Waals surface area contributed by atoms with Crippen molar-refractivity contribution in [2.75, 3.05) is 12.3 Å². The number of rotatable bonds is 2. The molecule has 7 nitrogen and oxygen atoms in total. The summed E-state index contributed by atoms with van der Waals surface area (Å²) in [6.07, 6.45) is 0.435. The first kappa shape index (κ1) is 13.4. The van der Waals surface area contributed by atoms with Gasteiger partial charge in [-0.1, -0.05) is 0 Å². The number of nitrogens with zero attached hydrogens (tertiary/aromatic N) is 3. The molecule has 1 aromatic carbocycles. The van der Waals surface area contributed by atoms with Gasteiger partial charge in [0.1, 0.15) is 5.69 Å². The summed E-state index contributed by atoms with van der Waals surface area (Å²) >= 11 is 0. The second-order valence-corrected chi connectivity index (χ2v) is 4.54. The van der Waals surface area contributed by atoms with E-state index in [0.29, 0.717) is 30.4 Å². The number of aromatic nitrogens is 2. The van der Waals surface area contributed by atoms with Crippen LogP contribution in [0.3, 0.4) is 0 Å². The van der Waals surface area contributed by atoms with Crippen molar-refractivity contribution >= 4 is 11.5 Å². The molecule has 1 aliphatic heterocycles. The van der Waals surface area contributed by atoms with E-state index >= 15 is 0 Å². The first-order chi connectivity index (χ1) is 9.99. The normalized spacial score (nSPS) is 14.0. The van der Waals surface area contributed by atoms with Crippen LogP contribution in [-0.2, 0) is 17.8 Å². The summed E-state index contributed by atoms with van der Waals surface area (Å²) in [6, 6.07) is 1.28. The molecule has 0 saturated heterocycles. The minimum Gasteiger partial charge on any atom is -0.382 e. The summed E-state index contributed by atoms with van der Waals surface area (Å²) < 4.78 is 33.8. The summed E-state index contributed by atoms with van der Waals surface area (Å²) in [4.78, 5) is 9.86. The van der Waals surface area contributed by atoms with Gasteiger partial charge in [-0.3, -0.25) is 10.1 Å². The molecule has 110 valence electrons. The molecule has 9 heteroatoms. The van der Waals surface area contributed by atoms with Crippen LogP contribution >= 0.6 is 0 Å². The van der Waals surface area contributed by atoms with Gasteiger partial charge < -0.3 is 10.5 Å². The molecule has 21 heavy (non-hydrogen) atoms. The summed E-state index contributed by atoms with van der Waals surface area (Å²) in [5.74, 6) is -2.02. The third-order valence-corrected chi connectivity index (χ3v) is 3.29. The Bertz CT molecular complexity index is 745. The lowest BCUT2D eigenvalue weighted by Gasteiger charge is -2.14. The van der Waals surface area contributed by atoms with Crippen molar-refractivity contribution in [1.29, 1.82) is 0 Å². The lowest BCUT2D eigenvalue weighted by molar-refractivity contribution is -0.387. The number of fused-ring (bicyclic) bond motifs is 1. The standard InChI is InChI=1S/C12H10F2N4O3/c13-7-3-8(14)11(18(19)20)4-10(7)17-9-1-2-21-5-6(9)12(15)16-17/h3-4H,1-2,5H2,(H2,15,16). The van der Waals surface area contributed by atoms with E-state index in [0.717, 1.165) is 6.07 Å². The van der Waals surface area contributed by atoms with Crippen LogP contribution in [0.1, 0.15) is 11.3 Å². The Morgan fingerprint density at radius 1 is 1.38 bits per heavy atom. The van der Waals surface area contributed by atoms with Crippen LogP contribution in [0.15, 0.2) is 12.1 Å². The number of hydrogen-bond acceptors (Lipinski definition) is 5. The predicted octanol–water partition coefficient (Wildman–Crippen LogP) is 1.71. The van der Waals surface area contributed by atoms with Gasteiger partial charge in [0.05, 0.1) is 23.8 Å². The Kier molecular flexibility index (Phi) is 3.05. The number of hydrogen-bond donors (Lipinski definition) is 1. The third kappa shape index (κ3) is 2.11. The molecule has 2 N–H and O–H groups in total. The summed E-state index contributed by atoms with van der Waals surface area (Å²) in [6.45, 7) is 0.648. The zero-order valence-corrected chi connectivity index (χ0v) is 10.7. The number of anilines is 1. The highest BCUT2D eigenvalue weighted by Gasteiger charge is 2.25. The summed E-state index contributed by atoms with van der Waals surface area (Å²) in [5, 5.41) is 14.8. The van der Waals surface area contributed by atoms with E-state index in [4.69, 9.17) is 10.5 Å². The highest BCUT2D eigenvalue weighted by Crippen LogP contribution is 2.29. The number of ether oxygens (including phenoxy) is 1. The quantitative estimate of drug-likeness (QED) is 0.672. The van der Waals surface area contributed by atoms with E-state index in [2.05, 4.69) is 5.10 Å². The molecule has 0 aliphatic carbocycles. The molecule has 0 amide bonds. The zero-order chi connectivity index (χ0) is 15.1. The second-order valence-electron chi connectivity index (χ2n) is 4.54. The average Bonchev–Trinajstić information content (AvgIpc) is 2.76. The molecule has 2 aromatic rings. The number of nitrogens with two attached hydrogens (primary N) is 1. The number of nitro groups is 1. The van der Waals surface area contributed by atoms with E-state index in [-0.39, 0.29) is 18.1 Å². The molecule has 3 rings (SSSR count). The van der Waals surface area contributed by atoms with E-state index in [9.17, 15) is 18.9 Å². The van der Waals surface area contributed by atoms with Gasteiger partial charge in [0.15, 0.2) is 11.6 Å². The van der Waals surface area contributed by atoms with Gasteiger partial charge in [-0.2, -0.15) is 4.39 Å². The van der Waals surface area contributed by atoms with Crippen molar-refractivity contribution < 1.29 is 18.4 Å². The Morgan fingerprint density at radius 2 is 2.14 bits per heavy atom. The number of nitro benzene ring substituents is 1. The molecular weight excluding hydrogens is 286 g/mol. The van der Waals surface area contributed by atoms with Gasteiger partial charge in [-0.15, -0.1) is 5.10 Å². The van der Waals surface area contributed by atoms with Crippen LogP contribution in [0.4, 0.5) is 20.3 Å². The first-order valence-corrected chi connectivity index (χ1v) is 6.07. The zero-order valence-electron chi connectivity index (χ0n) is 10.7. The van der Waals surface area contributed by atoms with Crippen molar-refractivity contribution in [3.05, 3.63) is 45.1 Å². The maximum Gasteiger partial charge on any atom is 0.307 e. The van der Waals surface area contributed by atoms with Crippen molar-refractivity contribution in [1.82, 2.24) is 9.78 Å². The maximum absolute atomic E-state index is 14.0. The molecule has 1 aliphatic rings. The number of nitrogen functional groups attached to an aromatic ring is 1. The van der Waals surface area contributed by atoms with Gasteiger partial charge in [-0.05, 0) is 0 Å². The fourth-order valence-corrected chi connectivity index (χ4v) is 2.29. The smallest absolute Gasteiger partial charge is 0.307 e. The van der Waals surface area contributed by atoms with Gasteiger partial charge in [-0.25, -0.2) is 9.07 Å². The molecule has 0 spiro atoms. The van der Waals surface area contributed by atoms with Crippen molar-refractivity contribution in [3.63, 3.8) is 0 Å². The fourth-order valence-electron chi connectivity index (χ4n) is 2.29. The van der Waals surface area contributed by atoms with Crippen molar-refractivity contribution in [2.45, 2.75) is 13.0 Å². The van der Waals surface area contributed by atoms with Crippen LogP contribution in [0.25, 0.3) is 5.69 Å². The highest BCUT2D eigenvalue weighted by molar-refractivity contribution is 5.51. The molecule has 0 bridgehead atoms. The predicted molar refractivity (Wildman–Crippen MR) is 67.9 cm³/mol. The Labute approximate surface area is 117 Å². The average molecular weight is 296 g/mol. The van der Waals surface area contributed by atoms with Crippen LogP contribution in [0.5, 0.6) is 0 Å². The molecule has 0 saturated carbocycles. The van der Waals surface area contributed by atoms with Gasteiger partial charge in [0.2, 0.25) is 5.82 Å². The largest absolute Gasteiger partial charge is 0.382 e. The molecule has 0 unspecified atom stereocenters. The Hall–Kier alpha value is -2.55. The van der Waals surface area contributed by atoms with Crippen molar-refractivity contribution in [3.8, 4) is 5.69 Å². The lowest BCUT2D eigenvalue weighted by Crippen LogP contribution is -2.14. The Balaban J connectivity index is 2.21. The topological polar surface area (TPSA) is 96.2 Å². The summed E-state index contributed by atoms with van der Waals surface area (Å²) in [5.41, 5.74) is 5.93. The summed E-state index contributed by atoms with van der Waals surface area (Å²) in [7, 11) is 0. The molecular formula is C12H10F2N4O3. The first-order valence-electron chi connectivity index (χ1n) is 6.07. The monoisotopic (exact) mass is 296 g/mol. The van der Waals surface area contributed by atoms with Crippen LogP contribution in [0.2, 0.25) is 0 Å². The number of benzene rings is 1. The fraction of sp³-hybridized carbons (Fsp3) is 0.250. The minimum atomic E-state index is -1.24. The molecule has 2 heterocycles. The van der Waals surface area contributed by atoms with Crippen LogP contribution in [0, 0.1) is 21.7 Å². The molecule has 0 radical (unpaired) electrons. The number of halogens is 2. The molecule has 1 aromatic heterocycles. The third-order valence-electron chi connectivity index (χ3n) is 3.29. The minimum absolute atomic E-state index is 0.163. The lowest BCUT2D eigenvalue weighted by atomic mass is 10.1. The highest BCUT2D eigenvalue weighted by atomic mass is 19.1. The molecule has 0 fully saturated rings. The van der Waals surface area contributed by atoms with E-state index in [1.165, 1.54) is 4.68 Å². The second kappa shape index (κ2) is 4.77. The van der Waals surface area contributed by atoms with Crippen LogP contribution in [-0.4, -0.2) is 21.3 Å².